The van der Waals surface area contributed by atoms with Crippen molar-refractivity contribution in [2.24, 2.45) is 28.3 Å². The lowest BCUT2D eigenvalue weighted by molar-refractivity contribution is -0.139. The average Bonchev–Trinajstić information content (AvgIpc) is 2.62. The van der Waals surface area contributed by atoms with Crippen LogP contribution in [-0.2, 0) is 9.63 Å². The number of aliphatic carboxylic acids is 1. The molecule has 0 spiro atoms. The molecule has 1 rings (SSSR count). The number of carboxylic acids is 1. The van der Waals surface area contributed by atoms with E-state index in [1.165, 1.54) is 0 Å². The van der Waals surface area contributed by atoms with Crippen LogP contribution in [0.5, 0.6) is 0 Å². The maximum Gasteiger partial charge on any atom is 0.307 e. The molecule has 1 aliphatic rings. The number of carbonyl (C=O) groups is 1. The zero-order valence-electron chi connectivity index (χ0n) is 9.73. The fourth-order valence-electron chi connectivity index (χ4n) is 1.73. The molecule has 1 aliphatic carbocycles. The van der Waals surface area contributed by atoms with Gasteiger partial charge in [-0.1, -0.05) is 32.9 Å². The lowest BCUT2D eigenvalue weighted by atomic mass is 10.1. The summed E-state index contributed by atoms with van der Waals surface area (Å²) >= 11 is 0. The van der Waals surface area contributed by atoms with Gasteiger partial charge in [-0.05, 0) is 11.3 Å². The summed E-state index contributed by atoms with van der Waals surface area (Å²) in [6.45, 7) is 8.52. The summed E-state index contributed by atoms with van der Waals surface area (Å²) in [6.07, 6.45) is 1.63. The smallest absolute Gasteiger partial charge is 0.307 e. The molecule has 15 heavy (non-hydrogen) atoms. The fraction of sp³-hybridized carbons (Fsp3) is 0.818. The zero-order valence-corrected chi connectivity index (χ0v) is 9.73. The Labute approximate surface area is 90.3 Å². The molecular weight excluding hydrogens is 194 g/mol. The van der Waals surface area contributed by atoms with Crippen molar-refractivity contribution in [2.45, 2.75) is 27.7 Å². The molecule has 4 heteroatoms. The van der Waals surface area contributed by atoms with Gasteiger partial charge in [0.05, 0.1) is 5.92 Å². The van der Waals surface area contributed by atoms with Gasteiger partial charge in [0, 0.05) is 12.1 Å². The molecule has 0 radical (unpaired) electrons. The molecule has 86 valence electrons. The van der Waals surface area contributed by atoms with Crippen molar-refractivity contribution in [1.29, 1.82) is 0 Å². The minimum Gasteiger partial charge on any atom is -0.481 e. The van der Waals surface area contributed by atoms with E-state index in [9.17, 15) is 4.79 Å². The van der Waals surface area contributed by atoms with Gasteiger partial charge < -0.3 is 9.94 Å². The van der Waals surface area contributed by atoms with Crippen LogP contribution in [0.2, 0.25) is 0 Å². The van der Waals surface area contributed by atoms with Crippen molar-refractivity contribution in [1.82, 2.24) is 0 Å². The standard InChI is InChI=1S/C11H19NO3/c1-7(2)6-15-12-5-8-9(10(13)14)11(8,3)4/h5,7-9H,6H2,1-4H3,(H,13,14). The van der Waals surface area contributed by atoms with Gasteiger partial charge in [0.25, 0.3) is 0 Å². The van der Waals surface area contributed by atoms with Gasteiger partial charge in [-0.25, -0.2) is 0 Å². The van der Waals surface area contributed by atoms with E-state index in [4.69, 9.17) is 9.94 Å². The van der Waals surface area contributed by atoms with Gasteiger partial charge in [0.2, 0.25) is 0 Å². The van der Waals surface area contributed by atoms with E-state index in [1.54, 1.807) is 6.21 Å². The molecule has 1 saturated carbocycles. The average molecular weight is 213 g/mol. The molecule has 0 saturated heterocycles. The number of rotatable bonds is 5. The first kappa shape index (κ1) is 12.0. The molecule has 0 amide bonds. The van der Waals surface area contributed by atoms with Crippen LogP contribution in [0.4, 0.5) is 0 Å². The third-order valence-electron chi connectivity index (χ3n) is 2.88. The molecule has 0 aromatic carbocycles. The van der Waals surface area contributed by atoms with Crippen molar-refractivity contribution in [2.75, 3.05) is 6.61 Å². The maximum atomic E-state index is 10.8. The van der Waals surface area contributed by atoms with Gasteiger partial charge in [-0.15, -0.1) is 0 Å². The van der Waals surface area contributed by atoms with Gasteiger partial charge in [0.15, 0.2) is 0 Å². The quantitative estimate of drug-likeness (QED) is 0.561. The molecule has 0 aromatic heterocycles. The van der Waals surface area contributed by atoms with Crippen LogP contribution in [0, 0.1) is 23.2 Å². The van der Waals surface area contributed by atoms with Gasteiger partial charge in [-0.3, -0.25) is 4.79 Å². The summed E-state index contributed by atoms with van der Waals surface area (Å²) in [5, 5.41) is 12.7. The minimum atomic E-state index is -0.750. The van der Waals surface area contributed by atoms with E-state index in [2.05, 4.69) is 5.16 Å². The Kier molecular flexibility index (Phi) is 3.37. The Balaban J connectivity index is 2.38. The molecule has 1 N–H and O–H groups in total. The van der Waals surface area contributed by atoms with Crippen molar-refractivity contribution in [3.05, 3.63) is 0 Å². The molecule has 4 nitrogen and oxygen atoms in total. The Morgan fingerprint density at radius 3 is 2.60 bits per heavy atom. The van der Waals surface area contributed by atoms with E-state index in [0.29, 0.717) is 12.5 Å². The van der Waals surface area contributed by atoms with E-state index < -0.39 is 5.97 Å². The van der Waals surface area contributed by atoms with E-state index >= 15 is 0 Å². The van der Waals surface area contributed by atoms with Crippen LogP contribution < -0.4 is 0 Å². The lowest BCUT2D eigenvalue weighted by Gasteiger charge is -2.01. The van der Waals surface area contributed by atoms with Crippen molar-refractivity contribution >= 4 is 12.2 Å². The van der Waals surface area contributed by atoms with Crippen LogP contribution in [0.1, 0.15) is 27.7 Å². The highest BCUT2D eigenvalue weighted by Crippen LogP contribution is 2.57. The molecule has 2 unspecified atom stereocenters. The Morgan fingerprint density at radius 2 is 2.20 bits per heavy atom. The second-order valence-electron chi connectivity index (χ2n) is 5.11. The number of hydrogen-bond donors (Lipinski definition) is 1. The molecule has 0 aromatic rings. The van der Waals surface area contributed by atoms with Gasteiger partial charge in [-0.2, -0.15) is 0 Å². The van der Waals surface area contributed by atoms with Crippen LogP contribution >= 0.6 is 0 Å². The van der Waals surface area contributed by atoms with Crippen LogP contribution in [0.15, 0.2) is 5.16 Å². The predicted octanol–water partition coefficient (Wildman–Crippen LogP) is 2.00. The highest BCUT2D eigenvalue weighted by Gasteiger charge is 2.61. The topological polar surface area (TPSA) is 58.9 Å². The molecule has 2 atom stereocenters. The highest BCUT2D eigenvalue weighted by atomic mass is 16.6. The highest BCUT2D eigenvalue weighted by molar-refractivity contribution is 5.84. The fourth-order valence-corrected chi connectivity index (χ4v) is 1.73. The Bertz CT molecular complexity index is 271. The Hall–Kier alpha value is -1.06. The second kappa shape index (κ2) is 4.21. The molecule has 0 aliphatic heterocycles. The summed E-state index contributed by atoms with van der Waals surface area (Å²) < 4.78 is 0. The monoisotopic (exact) mass is 213 g/mol. The molecule has 0 bridgehead atoms. The number of oxime groups is 1. The minimum absolute atomic E-state index is 0.00200. The number of hydrogen-bond acceptors (Lipinski definition) is 3. The normalized spacial score (nSPS) is 28.3. The van der Waals surface area contributed by atoms with Crippen LogP contribution in [0.3, 0.4) is 0 Å². The summed E-state index contributed by atoms with van der Waals surface area (Å²) in [6, 6.07) is 0. The zero-order chi connectivity index (χ0) is 11.6. The van der Waals surface area contributed by atoms with Crippen LogP contribution in [0.25, 0.3) is 0 Å². The summed E-state index contributed by atoms with van der Waals surface area (Å²) in [4.78, 5) is 15.9. The third-order valence-corrected chi connectivity index (χ3v) is 2.88. The lowest BCUT2D eigenvalue weighted by Crippen LogP contribution is -2.03. The van der Waals surface area contributed by atoms with E-state index in [1.807, 2.05) is 27.7 Å². The number of nitrogens with zero attached hydrogens (tertiary/aromatic N) is 1. The van der Waals surface area contributed by atoms with Gasteiger partial charge in [0.1, 0.15) is 6.61 Å². The molecule has 1 fully saturated rings. The first-order valence-corrected chi connectivity index (χ1v) is 5.25. The number of carboxylic acid groups (broad SMARTS) is 1. The third kappa shape index (κ3) is 2.70. The van der Waals surface area contributed by atoms with Gasteiger partial charge >= 0.3 is 5.97 Å². The van der Waals surface area contributed by atoms with Crippen molar-refractivity contribution < 1.29 is 14.7 Å². The first-order valence-electron chi connectivity index (χ1n) is 5.25. The summed E-state index contributed by atoms with van der Waals surface area (Å²) in [5.74, 6) is -0.629. The maximum absolute atomic E-state index is 10.8. The van der Waals surface area contributed by atoms with Crippen molar-refractivity contribution in [3.8, 4) is 0 Å². The largest absolute Gasteiger partial charge is 0.481 e. The molecule has 0 heterocycles. The summed E-state index contributed by atoms with van der Waals surface area (Å²) in [7, 11) is 0. The van der Waals surface area contributed by atoms with E-state index in [-0.39, 0.29) is 17.3 Å². The Morgan fingerprint density at radius 1 is 1.60 bits per heavy atom. The summed E-state index contributed by atoms with van der Waals surface area (Å²) in [5.41, 5.74) is -0.184. The second-order valence-corrected chi connectivity index (χ2v) is 5.11. The van der Waals surface area contributed by atoms with E-state index in [0.717, 1.165) is 0 Å². The van der Waals surface area contributed by atoms with Crippen LogP contribution in [-0.4, -0.2) is 23.9 Å². The molecular formula is C11H19NO3. The SMILES string of the molecule is CC(C)CON=CC1C(C(=O)O)C1(C)C. The first-order chi connectivity index (χ1) is 6.87. The van der Waals surface area contributed by atoms with Crippen molar-refractivity contribution in [3.63, 3.8) is 0 Å². The predicted molar refractivity (Wildman–Crippen MR) is 57.7 cm³/mol.